The highest BCUT2D eigenvalue weighted by molar-refractivity contribution is 5.40. The van der Waals surface area contributed by atoms with Gasteiger partial charge in [0.05, 0.1) is 6.04 Å². The fourth-order valence-corrected chi connectivity index (χ4v) is 2.31. The van der Waals surface area contributed by atoms with E-state index in [-0.39, 0.29) is 12.1 Å². The smallest absolute Gasteiger partial charge is 0.121 e. The molecule has 2 unspecified atom stereocenters. The van der Waals surface area contributed by atoms with Crippen molar-refractivity contribution in [2.75, 3.05) is 0 Å². The van der Waals surface area contributed by atoms with Crippen LogP contribution in [0.2, 0.25) is 0 Å². The number of hydrogen-bond acceptors (Lipinski definition) is 2. The van der Waals surface area contributed by atoms with Crippen molar-refractivity contribution in [1.29, 1.82) is 0 Å². The molecule has 2 atom stereocenters. The number of azo groups is 1. The third-order valence-corrected chi connectivity index (χ3v) is 3.21. The van der Waals surface area contributed by atoms with E-state index in [0.717, 1.165) is 0 Å². The minimum Gasteiger partial charge on any atom is -0.185 e. The maximum Gasteiger partial charge on any atom is 0.121 e. The molecule has 2 aromatic rings. The average molecular weight is 222 g/mol. The molecule has 1 aliphatic rings. The van der Waals surface area contributed by atoms with Crippen LogP contribution in [0, 0.1) is 0 Å². The molecular weight excluding hydrogens is 208 g/mol. The molecule has 2 heteroatoms. The summed E-state index contributed by atoms with van der Waals surface area (Å²) in [6, 6.07) is 19.0. The molecule has 0 amide bonds. The van der Waals surface area contributed by atoms with Gasteiger partial charge < -0.3 is 0 Å². The van der Waals surface area contributed by atoms with Crippen LogP contribution in [0.15, 0.2) is 64.8 Å². The lowest BCUT2D eigenvalue weighted by Gasteiger charge is -2.23. The monoisotopic (exact) mass is 222 g/mol. The van der Waals surface area contributed by atoms with Gasteiger partial charge in [0.25, 0.3) is 0 Å². The van der Waals surface area contributed by atoms with Crippen molar-refractivity contribution in [1.82, 2.24) is 0 Å². The van der Waals surface area contributed by atoms with E-state index in [1.807, 2.05) is 18.2 Å². The summed E-state index contributed by atoms with van der Waals surface area (Å²) in [5.74, 6) is 0. The summed E-state index contributed by atoms with van der Waals surface area (Å²) in [5.41, 5.74) is 3.77. The summed E-state index contributed by atoms with van der Waals surface area (Å²) in [6.07, 6.45) is 0. The first-order valence-electron chi connectivity index (χ1n) is 5.90. The molecular formula is C15H14N2. The Balaban J connectivity index is 2.11. The number of fused-ring (bicyclic) bond motifs is 1. The minimum atomic E-state index is 0.0589. The first-order valence-corrected chi connectivity index (χ1v) is 5.90. The van der Waals surface area contributed by atoms with Crippen molar-refractivity contribution in [2.24, 2.45) is 10.2 Å². The third kappa shape index (κ3) is 1.76. The van der Waals surface area contributed by atoms with E-state index in [9.17, 15) is 0 Å². The Kier molecular flexibility index (Phi) is 2.48. The van der Waals surface area contributed by atoms with Gasteiger partial charge in [-0.2, -0.15) is 10.2 Å². The Bertz CT molecular complexity index is 546. The predicted octanol–water partition coefficient (Wildman–Crippen LogP) is 4.30. The fraction of sp³-hybridized carbons (Fsp3) is 0.200. The quantitative estimate of drug-likeness (QED) is 0.687. The lowest BCUT2D eigenvalue weighted by Crippen LogP contribution is -2.08. The summed E-state index contributed by atoms with van der Waals surface area (Å²) in [7, 11) is 0. The van der Waals surface area contributed by atoms with Gasteiger partial charge in [-0.3, -0.25) is 0 Å². The highest BCUT2D eigenvalue weighted by Crippen LogP contribution is 2.37. The van der Waals surface area contributed by atoms with Crippen LogP contribution >= 0.6 is 0 Å². The second-order valence-corrected chi connectivity index (χ2v) is 4.35. The molecule has 1 heterocycles. The van der Waals surface area contributed by atoms with Crippen LogP contribution in [0.3, 0.4) is 0 Å². The molecule has 0 spiro atoms. The average Bonchev–Trinajstić information content (AvgIpc) is 2.41. The molecule has 0 radical (unpaired) electrons. The molecule has 2 nitrogen and oxygen atoms in total. The topological polar surface area (TPSA) is 24.7 Å². The lowest BCUT2D eigenvalue weighted by molar-refractivity contribution is 0.627. The molecule has 0 aromatic heterocycles. The second kappa shape index (κ2) is 4.13. The Labute approximate surface area is 101 Å². The number of benzene rings is 2. The predicted molar refractivity (Wildman–Crippen MR) is 68.0 cm³/mol. The molecule has 0 bridgehead atoms. The number of rotatable bonds is 1. The number of nitrogens with zero attached hydrogens (tertiary/aromatic N) is 2. The van der Waals surface area contributed by atoms with Crippen LogP contribution in [-0.2, 0) is 0 Å². The van der Waals surface area contributed by atoms with Crippen LogP contribution < -0.4 is 0 Å². The standard InChI is InChI=1S/C15H14N2/c1-11-13-9-5-6-10-14(13)15(17-16-11)12-7-3-2-4-8-12/h2-11,15H,1H3. The van der Waals surface area contributed by atoms with Crippen LogP contribution in [0.5, 0.6) is 0 Å². The summed E-state index contributed by atoms with van der Waals surface area (Å²) in [4.78, 5) is 0. The molecule has 3 rings (SSSR count). The van der Waals surface area contributed by atoms with Gasteiger partial charge in [0.15, 0.2) is 0 Å². The third-order valence-electron chi connectivity index (χ3n) is 3.21. The Morgan fingerprint density at radius 2 is 1.41 bits per heavy atom. The fourth-order valence-electron chi connectivity index (χ4n) is 2.31. The first-order chi connectivity index (χ1) is 8.36. The summed E-state index contributed by atoms with van der Waals surface area (Å²) in [6.45, 7) is 2.09. The second-order valence-electron chi connectivity index (χ2n) is 4.35. The molecule has 2 aromatic carbocycles. The SMILES string of the molecule is CC1N=NC(c2ccccc2)c2ccccc21. The van der Waals surface area contributed by atoms with Crippen LogP contribution in [0.25, 0.3) is 0 Å². The van der Waals surface area contributed by atoms with Gasteiger partial charge >= 0.3 is 0 Å². The number of hydrogen-bond donors (Lipinski definition) is 0. The molecule has 84 valence electrons. The molecule has 0 saturated carbocycles. The van der Waals surface area contributed by atoms with E-state index in [4.69, 9.17) is 0 Å². The van der Waals surface area contributed by atoms with Gasteiger partial charge in [-0.25, -0.2) is 0 Å². The van der Waals surface area contributed by atoms with Crippen LogP contribution in [0.4, 0.5) is 0 Å². The van der Waals surface area contributed by atoms with Gasteiger partial charge in [-0.1, -0.05) is 54.6 Å². The van der Waals surface area contributed by atoms with Gasteiger partial charge in [0.2, 0.25) is 0 Å². The largest absolute Gasteiger partial charge is 0.185 e. The molecule has 0 aliphatic carbocycles. The van der Waals surface area contributed by atoms with Crippen molar-refractivity contribution in [3.05, 3.63) is 71.3 Å². The zero-order valence-corrected chi connectivity index (χ0v) is 9.75. The minimum absolute atomic E-state index is 0.0589. The first kappa shape index (κ1) is 10.2. The lowest BCUT2D eigenvalue weighted by atomic mass is 9.91. The molecule has 0 fully saturated rings. The van der Waals surface area contributed by atoms with Crippen molar-refractivity contribution >= 4 is 0 Å². The summed E-state index contributed by atoms with van der Waals surface area (Å²) < 4.78 is 0. The zero-order chi connectivity index (χ0) is 11.7. The van der Waals surface area contributed by atoms with Crippen molar-refractivity contribution < 1.29 is 0 Å². The zero-order valence-electron chi connectivity index (χ0n) is 9.75. The maximum absolute atomic E-state index is 4.45. The van der Waals surface area contributed by atoms with Gasteiger partial charge in [0, 0.05) is 0 Å². The molecule has 0 N–H and O–H groups in total. The van der Waals surface area contributed by atoms with Crippen molar-refractivity contribution in [3.8, 4) is 0 Å². The summed E-state index contributed by atoms with van der Waals surface area (Å²) >= 11 is 0. The van der Waals surface area contributed by atoms with E-state index in [2.05, 4.69) is 53.6 Å². The molecule has 17 heavy (non-hydrogen) atoms. The Hall–Kier alpha value is -1.96. The maximum atomic E-state index is 4.45. The highest BCUT2D eigenvalue weighted by Gasteiger charge is 2.23. The van der Waals surface area contributed by atoms with Crippen molar-refractivity contribution in [3.63, 3.8) is 0 Å². The Morgan fingerprint density at radius 3 is 2.18 bits per heavy atom. The van der Waals surface area contributed by atoms with Crippen LogP contribution in [0.1, 0.15) is 35.7 Å². The van der Waals surface area contributed by atoms with E-state index in [1.165, 1.54) is 16.7 Å². The van der Waals surface area contributed by atoms with Gasteiger partial charge in [0.1, 0.15) is 6.04 Å². The van der Waals surface area contributed by atoms with E-state index in [1.54, 1.807) is 0 Å². The Morgan fingerprint density at radius 1 is 0.765 bits per heavy atom. The summed E-state index contributed by atoms with van der Waals surface area (Å²) in [5, 5.41) is 8.80. The highest BCUT2D eigenvalue weighted by atomic mass is 15.2. The van der Waals surface area contributed by atoms with Gasteiger partial charge in [-0.05, 0) is 23.6 Å². The van der Waals surface area contributed by atoms with E-state index >= 15 is 0 Å². The molecule has 1 aliphatic heterocycles. The van der Waals surface area contributed by atoms with E-state index in [0.29, 0.717) is 0 Å². The van der Waals surface area contributed by atoms with Crippen molar-refractivity contribution in [2.45, 2.75) is 19.0 Å². The van der Waals surface area contributed by atoms with Crippen LogP contribution in [-0.4, -0.2) is 0 Å². The van der Waals surface area contributed by atoms with Gasteiger partial charge in [-0.15, -0.1) is 0 Å². The van der Waals surface area contributed by atoms with E-state index < -0.39 is 0 Å². The normalized spacial score (nSPS) is 22.2. The molecule has 0 saturated heterocycles.